The lowest BCUT2D eigenvalue weighted by Gasteiger charge is -2.20. The average molecular weight is 263 g/mol. The zero-order valence-electron chi connectivity index (χ0n) is 11.0. The third kappa shape index (κ3) is 3.17. The predicted molar refractivity (Wildman–Crippen MR) is 74.7 cm³/mol. The fourth-order valence-corrected chi connectivity index (χ4v) is 2.19. The number of rotatable bonds is 4. The first-order valence-electron chi connectivity index (χ1n) is 5.56. The van der Waals surface area contributed by atoms with Gasteiger partial charge in [-0.05, 0) is 25.3 Å². The summed E-state index contributed by atoms with van der Waals surface area (Å²) in [6, 6.07) is 7.41. The first-order chi connectivity index (χ1) is 8.51. The minimum atomic E-state index is -0.357. The number of likely N-dealkylation sites (N-methyl/N-ethyl adjacent to an activating group) is 1. The molecule has 5 heteroatoms. The van der Waals surface area contributed by atoms with Crippen LogP contribution in [0.15, 0.2) is 23.1 Å². The lowest BCUT2D eigenvalue weighted by atomic mass is 10.1. The van der Waals surface area contributed by atoms with Gasteiger partial charge in [-0.25, -0.2) is 0 Å². The van der Waals surface area contributed by atoms with E-state index in [-0.39, 0.29) is 11.9 Å². The van der Waals surface area contributed by atoms with E-state index in [2.05, 4.69) is 11.4 Å². The number of nitriles is 1. The molecule has 0 saturated heterocycles. The Bertz CT molecular complexity index is 480. The highest BCUT2D eigenvalue weighted by atomic mass is 32.2. The van der Waals surface area contributed by atoms with E-state index in [4.69, 9.17) is 0 Å². The van der Waals surface area contributed by atoms with Gasteiger partial charge in [-0.1, -0.05) is 6.07 Å². The van der Waals surface area contributed by atoms with Gasteiger partial charge in [0.2, 0.25) is 5.91 Å². The van der Waals surface area contributed by atoms with Crippen molar-refractivity contribution in [2.45, 2.75) is 17.9 Å². The summed E-state index contributed by atoms with van der Waals surface area (Å²) < 4.78 is 0. The summed E-state index contributed by atoms with van der Waals surface area (Å²) in [6.07, 6.45) is 1.92. The molecule has 96 valence electrons. The molecular formula is C13H17N3OS. The van der Waals surface area contributed by atoms with E-state index in [1.54, 1.807) is 21.0 Å². The molecular weight excluding hydrogens is 246 g/mol. The summed E-state index contributed by atoms with van der Waals surface area (Å²) in [5, 5.41) is 12.3. The standard InChI is InChI=1S/C13H17N3OS/c1-9(13(17)16(2)3)15-11-6-5-7-12(18-4)10(11)8-14/h5-7,9,15H,1-4H3. The summed E-state index contributed by atoms with van der Waals surface area (Å²) in [7, 11) is 3.42. The number of hydrogen-bond donors (Lipinski definition) is 1. The maximum absolute atomic E-state index is 11.8. The first-order valence-corrected chi connectivity index (χ1v) is 6.78. The Kier molecular flexibility index (Phi) is 5.05. The van der Waals surface area contributed by atoms with Crippen LogP contribution < -0.4 is 5.32 Å². The van der Waals surface area contributed by atoms with Crippen molar-refractivity contribution in [3.8, 4) is 6.07 Å². The predicted octanol–water partition coefficient (Wildman–Crippen LogP) is 2.17. The summed E-state index contributed by atoms with van der Waals surface area (Å²) >= 11 is 1.52. The largest absolute Gasteiger partial charge is 0.373 e. The Morgan fingerprint density at radius 3 is 2.67 bits per heavy atom. The molecule has 1 atom stereocenters. The topological polar surface area (TPSA) is 56.1 Å². The van der Waals surface area contributed by atoms with Crippen LogP contribution in [0.1, 0.15) is 12.5 Å². The third-order valence-corrected chi connectivity index (χ3v) is 3.32. The van der Waals surface area contributed by atoms with E-state index in [0.29, 0.717) is 11.3 Å². The molecule has 0 bridgehead atoms. The number of thioether (sulfide) groups is 1. The third-order valence-electron chi connectivity index (χ3n) is 2.54. The molecule has 1 aromatic carbocycles. The zero-order valence-corrected chi connectivity index (χ0v) is 11.8. The lowest BCUT2D eigenvalue weighted by Crippen LogP contribution is -2.36. The average Bonchev–Trinajstić information content (AvgIpc) is 2.37. The number of carbonyl (C=O) groups excluding carboxylic acids is 1. The Morgan fingerprint density at radius 1 is 1.50 bits per heavy atom. The van der Waals surface area contributed by atoms with Crippen LogP contribution >= 0.6 is 11.8 Å². The van der Waals surface area contributed by atoms with E-state index in [9.17, 15) is 10.1 Å². The van der Waals surface area contributed by atoms with E-state index < -0.39 is 0 Å². The normalized spacial score (nSPS) is 11.5. The van der Waals surface area contributed by atoms with Crippen molar-refractivity contribution in [2.75, 3.05) is 25.7 Å². The van der Waals surface area contributed by atoms with Gasteiger partial charge in [0, 0.05) is 19.0 Å². The van der Waals surface area contributed by atoms with Gasteiger partial charge < -0.3 is 10.2 Å². The van der Waals surface area contributed by atoms with Crippen molar-refractivity contribution in [1.82, 2.24) is 4.90 Å². The van der Waals surface area contributed by atoms with Gasteiger partial charge in [-0.3, -0.25) is 4.79 Å². The van der Waals surface area contributed by atoms with Crippen LogP contribution in [0.5, 0.6) is 0 Å². The van der Waals surface area contributed by atoms with Gasteiger partial charge in [0.05, 0.1) is 11.3 Å². The smallest absolute Gasteiger partial charge is 0.244 e. The monoisotopic (exact) mass is 263 g/mol. The molecule has 1 N–H and O–H groups in total. The van der Waals surface area contributed by atoms with E-state index in [1.165, 1.54) is 16.7 Å². The van der Waals surface area contributed by atoms with Crippen molar-refractivity contribution in [3.05, 3.63) is 23.8 Å². The Hall–Kier alpha value is -1.67. The van der Waals surface area contributed by atoms with Crippen LogP contribution in [0.3, 0.4) is 0 Å². The van der Waals surface area contributed by atoms with E-state index in [1.807, 2.05) is 24.5 Å². The van der Waals surface area contributed by atoms with Crippen molar-refractivity contribution >= 4 is 23.4 Å². The van der Waals surface area contributed by atoms with Crippen molar-refractivity contribution in [3.63, 3.8) is 0 Å². The van der Waals surface area contributed by atoms with Crippen LogP contribution in [0.2, 0.25) is 0 Å². The molecule has 0 aliphatic carbocycles. The molecule has 1 amide bonds. The molecule has 4 nitrogen and oxygen atoms in total. The van der Waals surface area contributed by atoms with Gasteiger partial charge in [-0.2, -0.15) is 5.26 Å². The zero-order chi connectivity index (χ0) is 13.7. The highest BCUT2D eigenvalue weighted by Crippen LogP contribution is 2.26. The first kappa shape index (κ1) is 14.4. The molecule has 0 aliphatic heterocycles. The van der Waals surface area contributed by atoms with Crippen LogP contribution in [0.25, 0.3) is 0 Å². The minimum Gasteiger partial charge on any atom is -0.373 e. The molecule has 0 aliphatic rings. The summed E-state index contributed by atoms with van der Waals surface area (Å²) in [6.45, 7) is 1.79. The Morgan fingerprint density at radius 2 is 2.17 bits per heavy atom. The summed E-state index contributed by atoms with van der Waals surface area (Å²) in [4.78, 5) is 14.2. The maximum Gasteiger partial charge on any atom is 0.244 e. The Labute approximate surface area is 112 Å². The number of nitrogens with zero attached hydrogens (tertiary/aromatic N) is 2. The van der Waals surface area contributed by atoms with Gasteiger partial charge in [-0.15, -0.1) is 11.8 Å². The van der Waals surface area contributed by atoms with Gasteiger partial charge in [0.1, 0.15) is 12.1 Å². The minimum absolute atomic E-state index is 0.0200. The van der Waals surface area contributed by atoms with Crippen LogP contribution in [-0.4, -0.2) is 37.2 Å². The summed E-state index contributed by atoms with van der Waals surface area (Å²) in [5.74, 6) is -0.0200. The molecule has 0 saturated carbocycles. The van der Waals surface area contributed by atoms with Gasteiger partial charge in [0.15, 0.2) is 0 Å². The quantitative estimate of drug-likeness (QED) is 0.846. The molecule has 0 spiro atoms. The van der Waals surface area contributed by atoms with Gasteiger partial charge >= 0.3 is 0 Å². The molecule has 1 aromatic rings. The maximum atomic E-state index is 11.8. The molecule has 0 radical (unpaired) electrons. The van der Waals surface area contributed by atoms with E-state index in [0.717, 1.165) is 4.90 Å². The van der Waals surface area contributed by atoms with Crippen molar-refractivity contribution in [2.24, 2.45) is 0 Å². The SMILES string of the molecule is CSc1cccc(NC(C)C(=O)N(C)C)c1C#N. The van der Waals surface area contributed by atoms with Crippen molar-refractivity contribution < 1.29 is 4.79 Å². The molecule has 0 aromatic heterocycles. The number of carbonyl (C=O) groups is 1. The van der Waals surface area contributed by atoms with Crippen LogP contribution in [0, 0.1) is 11.3 Å². The molecule has 0 fully saturated rings. The fraction of sp³-hybridized carbons (Fsp3) is 0.385. The van der Waals surface area contributed by atoms with Gasteiger partial charge in [0.25, 0.3) is 0 Å². The van der Waals surface area contributed by atoms with Crippen LogP contribution in [0.4, 0.5) is 5.69 Å². The second kappa shape index (κ2) is 6.31. The Balaban J connectivity index is 2.98. The fourth-order valence-electron chi connectivity index (χ4n) is 1.62. The lowest BCUT2D eigenvalue weighted by molar-refractivity contribution is -0.129. The summed E-state index contributed by atoms with van der Waals surface area (Å²) in [5.41, 5.74) is 1.29. The molecule has 1 rings (SSSR count). The van der Waals surface area contributed by atoms with E-state index >= 15 is 0 Å². The number of benzene rings is 1. The molecule has 18 heavy (non-hydrogen) atoms. The number of anilines is 1. The number of amides is 1. The number of nitrogens with one attached hydrogen (secondary N) is 1. The second-order valence-electron chi connectivity index (χ2n) is 4.09. The molecule has 1 unspecified atom stereocenters. The number of hydrogen-bond acceptors (Lipinski definition) is 4. The molecule has 0 heterocycles. The van der Waals surface area contributed by atoms with Crippen LogP contribution in [-0.2, 0) is 4.79 Å². The second-order valence-corrected chi connectivity index (χ2v) is 4.94. The van der Waals surface area contributed by atoms with Crippen molar-refractivity contribution in [1.29, 1.82) is 5.26 Å². The highest BCUT2D eigenvalue weighted by Gasteiger charge is 2.16. The highest BCUT2D eigenvalue weighted by molar-refractivity contribution is 7.98.